The van der Waals surface area contributed by atoms with E-state index in [9.17, 15) is 0 Å². The maximum absolute atomic E-state index is 5.64. The number of hydrogen-bond acceptors (Lipinski definition) is 1. The molecule has 13 heavy (non-hydrogen) atoms. The number of rotatable bonds is 4. The van der Waals surface area contributed by atoms with Crippen molar-refractivity contribution in [3.8, 4) is 0 Å². The van der Waals surface area contributed by atoms with E-state index in [1.807, 2.05) is 18.3 Å². The molecule has 0 bridgehead atoms. The Labute approximate surface area is 81.6 Å². The van der Waals surface area contributed by atoms with Crippen LogP contribution in [0.1, 0.15) is 5.69 Å². The van der Waals surface area contributed by atoms with E-state index in [1.54, 1.807) is 0 Å². The van der Waals surface area contributed by atoms with Gasteiger partial charge in [0.2, 0.25) is 0 Å². The van der Waals surface area contributed by atoms with Gasteiger partial charge in [-0.1, -0.05) is 6.58 Å². The molecule has 1 rings (SSSR count). The highest BCUT2D eigenvalue weighted by molar-refractivity contribution is 6.19. The minimum Gasteiger partial charge on any atom is -0.500 e. The second-order valence-electron chi connectivity index (χ2n) is 4.07. The largest absolute Gasteiger partial charge is 0.500 e. The molecule has 0 atom stereocenters. The van der Waals surface area contributed by atoms with E-state index in [0.29, 0.717) is 0 Å². The Hall–Kier alpha value is -1.00. The number of quaternary nitrogens is 1. The summed E-state index contributed by atoms with van der Waals surface area (Å²) in [7, 11) is 5.80. The van der Waals surface area contributed by atoms with Crippen LogP contribution in [0.2, 0.25) is 0 Å². The molecule has 72 valence electrons. The van der Waals surface area contributed by atoms with Gasteiger partial charge in [-0.25, -0.2) is 0 Å². The minimum atomic E-state index is -0.602. The Morgan fingerprint density at radius 2 is 2.23 bits per heavy atom. The van der Waals surface area contributed by atoms with Crippen LogP contribution < -0.4 is 0 Å². The van der Waals surface area contributed by atoms with Crippen LogP contribution in [0.5, 0.6) is 0 Å². The van der Waals surface area contributed by atoms with Gasteiger partial charge in [-0.2, -0.15) is 0 Å². The van der Waals surface area contributed by atoms with Gasteiger partial charge < -0.3 is 13.6 Å². The van der Waals surface area contributed by atoms with Crippen LogP contribution in [0, 0.1) is 0 Å². The van der Waals surface area contributed by atoms with Gasteiger partial charge >= 0.3 is 9.92 Å². The molecule has 0 radical (unpaired) electrons. The molecule has 0 spiro atoms. The highest BCUT2D eigenvalue weighted by Crippen LogP contribution is 2.10. The highest BCUT2D eigenvalue weighted by Gasteiger charge is 2.11. The summed E-state index contributed by atoms with van der Waals surface area (Å²) in [5, 5.41) is 0. The fraction of sp³-hybridized carbons (Fsp3) is 0.333. The number of nitrogens with one attached hydrogen (secondary N) is 1. The third-order valence-electron chi connectivity index (χ3n) is 1.52. The predicted octanol–water partition coefficient (Wildman–Crippen LogP) is 0.707. The molecule has 0 aromatic carbocycles. The molecule has 1 heterocycles. The zero-order valence-corrected chi connectivity index (χ0v) is 9.92. The van der Waals surface area contributed by atoms with E-state index in [2.05, 4.69) is 32.7 Å². The fourth-order valence-electron chi connectivity index (χ4n) is 0.853. The molecule has 4 heteroatoms. The molecule has 1 aromatic heterocycles. The Morgan fingerprint density at radius 3 is 2.69 bits per heavy atom. The quantitative estimate of drug-likeness (QED) is 0.558. The van der Waals surface area contributed by atoms with Crippen molar-refractivity contribution < 1.29 is 8.57 Å². The standard InChI is InChI=1S/C9H17N2OSi/c1-8(9-6-5-7-10-9)12-13-11(2,3)4/h5-7,10H,1,13H2,2-4H3/q+1. The van der Waals surface area contributed by atoms with Crippen molar-refractivity contribution in [2.45, 2.75) is 0 Å². The first-order valence-electron chi connectivity index (χ1n) is 4.25. The predicted molar refractivity (Wildman–Crippen MR) is 57.5 cm³/mol. The lowest BCUT2D eigenvalue weighted by Crippen LogP contribution is -2.39. The van der Waals surface area contributed by atoms with Crippen molar-refractivity contribution in [2.24, 2.45) is 0 Å². The van der Waals surface area contributed by atoms with E-state index in [1.165, 1.54) is 0 Å². The van der Waals surface area contributed by atoms with Crippen LogP contribution in [-0.4, -0.2) is 40.2 Å². The summed E-state index contributed by atoms with van der Waals surface area (Å²) in [4.78, 5) is 3.06. The first-order chi connectivity index (χ1) is 5.99. The van der Waals surface area contributed by atoms with Crippen molar-refractivity contribution in [3.05, 3.63) is 30.6 Å². The Balaban J connectivity index is 2.44. The molecule has 0 amide bonds. The minimum absolute atomic E-state index is 0.602. The summed E-state index contributed by atoms with van der Waals surface area (Å²) < 4.78 is 6.54. The molecule has 0 aliphatic heterocycles. The van der Waals surface area contributed by atoms with Gasteiger partial charge in [-0.3, -0.25) is 0 Å². The second kappa shape index (κ2) is 3.80. The van der Waals surface area contributed by atoms with Crippen LogP contribution in [0.25, 0.3) is 5.76 Å². The number of nitrogens with zero attached hydrogens (tertiary/aromatic N) is 1. The Morgan fingerprint density at radius 1 is 1.54 bits per heavy atom. The van der Waals surface area contributed by atoms with Crippen LogP contribution in [0.15, 0.2) is 24.9 Å². The molecular weight excluding hydrogens is 180 g/mol. The zero-order valence-electron chi connectivity index (χ0n) is 8.50. The normalized spacial score (nSPS) is 12.2. The highest BCUT2D eigenvalue weighted by atomic mass is 28.2. The molecule has 0 fully saturated rings. The molecule has 0 aliphatic carbocycles. The fourth-order valence-corrected chi connectivity index (χ4v) is 1.55. The monoisotopic (exact) mass is 197 g/mol. The van der Waals surface area contributed by atoms with Gasteiger partial charge in [0.15, 0.2) is 0 Å². The van der Waals surface area contributed by atoms with Gasteiger partial charge in [-0.05, 0) is 12.1 Å². The summed E-state index contributed by atoms with van der Waals surface area (Å²) in [5.74, 6) is 0.754. The van der Waals surface area contributed by atoms with E-state index >= 15 is 0 Å². The number of H-pyrrole nitrogens is 1. The molecule has 1 N–H and O–H groups in total. The van der Waals surface area contributed by atoms with Crippen molar-refractivity contribution in [1.82, 2.24) is 4.98 Å². The Kier molecular flexibility index (Phi) is 2.95. The topological polar surface area (TPSA) is 25.0 Å². The molecule has 0 aliphatic rings. The summed E-state index contributed by atoms with van der Waals surface area (Å²) >= 11 is 0. The van der Waals surface area contributed by atoms with E-state index in [0.717, 1.165) is 15.6 Å². The molecule has 3 nitrogen and oxygen atoms in total. The third kappa shape index (κ3) is 3.48. The van der Waals surface area contributed by atoms with Gasteiger partial charge in [0.1, 0.15) is 5.76 Å². The van der Waals surface area contributed by atoms with Crippen LogP contribution in [0.4, 0.5) is 0 Å². The number of aromatic nitrogens is 1. The molecule has 0 saturated heterocycles. The van der Waals surface area contributed by atoms with Gasteiger partial charge in [-0.15, -0.1) is 0 Å². The van der Waals surface area contributed by atoms with Crippen molar-refractivity contribution in [2.75, 3.05) is 21.1 Å². The average Bonchev–Trinajstić information content (AvgIpc) is 2.50. The smallest absolute Gasteiger partial charge is 0.465 e. The lowest BCUT2D eigenvalue weighted by atomic mass is 10.4. The van der Waals surface area contributed by atoms with Crippen LogP contribution in [0.3, 0.4) is 0 Å². The molecule has 0 unspecified atom stereocenters. The van der Waals surface area contributed by atoms with Crippen LogP contribution >= 0.6 is 0 Å². The summed E-state index contributed by atoms with van der Waals surface area (Å²) in [6.07, 6.45) is 1.87. The van der Waals surface area contributed by atoms with Crippen molar-refractivity contribution >= 4 is 15.7 Å². The molecule has 1 aromatic rings. The van der Waals surface area contributed by atoms with Gasteiger partial charge in [0, 0.05) is 6.20 Å². The molecular formula is C9H17N2OSi+. The first-order valence-corrected chi connectivity index (χ1v) is 5.46. The molecule has 0 saturated carbocycles. The summed E-state index contributed by atoms with van der Waals surface area (Å²) in [6.45, 7) is 3.87. The lowest BCUT2D eigenvalue weighted by Gasteiger charge is -2.24. The van der Waals surface area contributed by atoms with E-state index in [4.69, 9.17) is 4.43 Å². The first kappa shape index (κ1) is 10.1. The third-order valence-corrected chi connectivity index (χ3v) is 2.78. The maximum atomic E-state index is 5.64. The maximum Gasteiger partial charge on any atom is 0.465 e. The van der Waals surface area contributed by atoms with Crippen molar-refractivity contribution in [3.63, 3.8) is 0 Å². The Bertz CT molecular complexity index is 274. The summed E-state index contributed by atoms with van der Waals surface area (Å²) in [6, 6.07) is 3.91. The van der Waals surface area contributed by atoms with Gasteiger partial charge in [0.05, 0.1) is 26.8 Å². The van der Waals surface area contributed by atoms with Crippen molar-refractivity contribution in [1.29, 1.82) is 0 Å². The second-order valence-corrected chi connectivity index (χ2v) is 6.51. The lowest BCUT2D eigenvalue weighted by molar-refractivity contribution is -0.762. The summed E-state index contributed by atoms with van der Waals surface area (Å²) in [5.41, 5.74) is 0.973. The van der Waals surface area contributed by atoms with Crippen LogP contribution in [-0.2, 0) is 4.43 Å². The average molecular weight is 197 g/mol. The van der Waals surface area contributed by atoms with Gasteiger partial charge in [0.25, 0.3) is 0 Å². The van der Waals surface area contributed by atoms with E-state index in [-0.39, 0.29) is 0 Å². The SMILES string of the molecule is C=C(O[SiH2][N+](C)(C)C)c1ccc[nH]1. The number of hydrogen-bond donors (Lipinski definition) is 1. The van der Waals surface area contributed by atoms with E-state index < -0.39 is 9.92 Å². The zero-order chi connectivity index (χ0) is 9.90. The number of aromatic amines is 1.